The first-order valence-electron chi connectivity index (χ1n) is 5.87. The third-order valence-electron chi connectivity index (χ3n) is 3.15. The Labute approximate surface area is 123 Å². The topological polar surface area (TPSA) is 75.6 Å². The van der Waals surface area contributed by atoms with Crippen molar-refractivity contribution in [2.75, 3.05) is 13.2 Å². The predicted octanol–water partition coefficient (Wildman–Crippen LogP) is 2.26. The molecule has 0 unspecified atom stereocenters. The van der Waals surface area contributed by atoms with Crippen LogP contribution in [0.4, 0.5) is 0 Å². The van der Waals surface area contributed by atoms with Gasteiger partial charge in [0.2, 0.25) is 0 Å². The first kappa shape index (κ1) is 14.5. The van der Waals surface area contributed by atoms with Crippen molar-refractivity contribution in [3.63, 3.8) is 0 Å². The number of hydrogen-bond donors (Lipinski definition) is 2. The molecule has 1 aromatic heterocycles. The summed E-state index contributed by atoms with van der Waals surface area (Å²) in [4.78, 5) is 23.2. The first-order chi connectivity index (χ1) is 9.01. The lowest BCUT2D eigenvalue weighted by Crippen LogP contribution is -2.53. The Hall–Kier alpha value is -0.920. The van der Waals surface area contributed by atoms with E-state index in [0.717, 1.165) is 3.79 Å². The second-order valence-corrected chi connectivity index (χ2v) is 6.85. The van der Waals surface area contributed by atoms with Gasteiger partial charge in [-0.05, 0) is 34.8 Å². The molecule has 5 nitrogen and oxygen atoms in total. The van der Waals surface area contributed by atoms with E-state index in [0.29, 0.717) is 31.6 Å². The molecule has 2 heterocycles. The number of nitrogens with one attached hydrogen (secondary N) is 1. The standard InChI is InChI=1S/C12H14BrNO4S/c13-9-5-8(7-19-9)11(17)14-12(6-10(15)16)1-3-18-4-2-12/h5,7H,1-4,6H2,(H,14,17)(H,15,16). The molecule has 1 aliphatic heterocycles. The molecule has 1 saturated heterocycles. The lowest BCUT2D eigenvalue weighted by Gasteiger charge is -2.36. The van der Waals surface area contributed by atoms with Gasteiger partial charge in [0.1, 0.15) is 0 Å². The lowest BCUT2D eigenvalue weighted by atomic mass is 9.86. The summed E-state index contributed by atoms with van der Waals surface area (Å²) in [6.07, 6.45) is 0.972. The molecular formula is C12H14BrNO4S. The minimum Gasteiger partial charge on any atom is -0.481 e. The van der Waals surface area contributed by atoms with Crippen LogP contribution in [0.3, 0.4) is 0 Å². The molecular weight excluding hydrogens is 334 g/mol. The van der Waals surface area contributed by atoms with E-state index in [-0.39, 0.29) is 12.3 Å². The quantitative estimate of drug-likeness (QED) is 0.875. The molecule has 19 heavy (non-hydrogen) atoms. The number of carbonyl (C=O) groups is 2. The van der Waals surface area contributed by atoms with Gasteiger partial charge in [0.15, 0.2) is 0 Å². The van der Waals surface area contributed by atoms with Gasteiger partial charge in [-0.2, -0.15) is 0 Å². The summed E-state index contributed by atoms with van der Waals surface area (Å²) in [5, 5.41) is 13.6. The van der Waals surface area contributed by atoms with Gasteiger partial charge in [-0.3, -0.25) is 9.59 Å². The van der Waals surface area contributed by atoms with Crippen LogP contribution in [-0.2, 0) is 9.53 Å². The van der Waals surface area contributed by atoms with Crippen LogP contribution < -0.4 is 5.32 Å². The third kappa shape index (κ3) is 3.77. The van der Waals surface area contributed by atoms with E-state index in [1.54, 1.807) is 11.4 Å². The van der Waals surface area contributed by atoms with Crippen LogP contribution in [0.25, 0.3) is 0 Å². The first-order valence-corrected chi connectivity index (χ1v) is 7.54. The molecule has 0 spiro atoms. The molecule has 0 aliphatic carbocycles. The van der Waals surface area contributed by atoms with Crippen molar-refractivity contribution in [3.05, 3.63) is 20.8 Å². The van der Waals surface area contributed by atoms with Gasteiger partial charge in [-0.25, -0.2) is 0 Å². The highest BCUT2D eigenvalue weighted by molar-refractivity contribution is 9.11. The normalized spacial score (nSPS) is 17.9. The molecule has 1 aliphatic rings. The number of carboxylic acids is 1. The minimum absolute atomic E-state index is 0.0760. The third-order valence-corrected chi connectivity index (χ3v) is 4.65. The Morgan fingerprint density at radius 1 is 1.47 bits per heavy atom. The summed E-state index contributed by atoms with van der Waals surface area (Å²) in [6.45, 7) is 0.946. The smallest absolute Gasteiger partial charge is 0.305 e. The highest BCUT2D eigenvalue weighted by atomic mass is 79.9. The Balaban J connectivity index is 2.11. The van der Waals surface area contributed by atoms with Crippen molar-refractivity contribution in [1.82, 2.24) is 5.32 Å². The van der Waals surface area contributed by atoms with Crippen LogP contribution in [0.5, 0.6) is 0 Å². The molecule has 0 bridgehead atoms. The fourth-order valence-corrected chi connectivity index (χ4v) is 3.28. The van der Waals surface area contributed by atoms with E-state index in [1.807, 2.05) is 0 Å². The average molecular weight is 348 g/mol. The number of halogens is 1. The van der Waals surface area contributed by atoms with E-state index < -0.39 is 11.5 Å². The summed E-state index contributed by atoms with van der Waals surface area (Å²) >= 11 is 4.73. The van der Waals surface area contributed by atoms with Gasteiger partial charge in [-0.15, -0.1) is 11.3 Å². The Morgan fingerprint density at radius 3 is 2.68 bits per heavy atom. The van der Waals surface area contributed by atoms with E-state index in [4.69, 9.17) is 9.84 Å². The number of aliphatic carboxylic acids is 1. The zero-order valence-electron chi connectivity index (χ0n) is 10.1. The molecule has 0 aromatic carbocycles. The fourth-order valence-electron chi connectivity index (χ4n) is 2.14. The molecule has 0 saturated carbocycles. The molecule has 0 radical (unpaired) electrons. The molecule has 2 N–H and O–H groups in total. The van der Waals surface area contributed by atoms with Crippen LogP contribution in [-0.4, -0.2) is 35.7 Å². The number of carbonyl (C=O) groups excluding carboxylic acids is 1. The monoisotopic (exact) mass is 347 g/mol. The van der Waals surface area contributed by atoms with Crippen LogP contribution in [0.15, 0.2) is 15.2 Å². The van der Waals surface area contributed by atoms with E-state index in [9.17, 15) is 9.59 Å². The maximum atomic E-state index is 12.2. The van der Waals surface area contributed by atoms with Crippen molar-refractivity contribution in [1.29, 1.82) is 0 Å². The second-order valence-electron chi connectivity index (χ2n) is 4.56. The predicted molar refractivity (Wildman–Crippen MR) is 74.5 cm³/mol. The summed E-state index contributed by atoms with van der Waals surface area (Å²) < 4.78 is 6.12. The van der Waals surface area contributed by atoms with Crippen LogP contribution >= 0.6 is 27.3 Å². The molecule has 2 rings (SSSR count). The molecule has 1 fully saturated rings. The number of hydrogen-bond acceptors (Lipinski definition) is 4. The maximum Gasteiger partial charge on any atom is 0.305 e. The van der Waals surface area contributed by atoms with Crippen LogP contribution in [0, 0.1) is 0 Å². The Morgan fingerprint density at radius 2 is 2.16 bits per heavy atom. The van der Waals surface area contributed by atoms with Crippen molar-refractivity contribution in [2.45, 2.75) is 24.8 Å². The SMILES string of the molecule is O=C(O)CC1(NC(=O)c2csc(Br)c2)CCOCC1. The average Bonchev–Trinajstić information content (AvgIpc) is 2.76. The summed E-state index contributed by atoms with van der Waals surface area (Å²) in [5.41, 5.74) is -0.150. The Kier molecular flexibility index (Phi) is 4.59. The van der Waals surface area contributed by atoms with E-state index in [1.165, 1.54) is 11.3 Å². The zero-order valence-corrected chi connectivity index (χ0v) is 12.6. The van der Waals surface area contributed by atoms with Crippen LogP contribution in [0.1, 0.15) is 29.6 Å². The molecule has 104 valence electrons. The number of rotatable bonds is 4. The van der Waals surface area contributed by atoms with Gasteiger partial charge < -0.3 is 15.2 Å². The van der Waals surface area contributed by atoms with Gasteiger partial charge in [-0.1, -0.05) is 0 Å². The highest BCUT2D eigenvalue weighted by Gasteiger charge is 2.36. The highest BCUT2D eigenvalue weighted by Crippen LogP contribution is 2.26. The summed E-state index contributed by atoms with van der Waals surface area (Å²) in [6, 6.07) is 1.73. The lowest BCUT2D eigenvalue weighted by molar-refractivity contribution is -0.139. The van der Waals surface area contributed by atoms with Crippen molar-refractivity contribution >= 4 is 39.1 Å². The van der Waals surface area contributed by atoms with Gasteiger partial charge >= 0.3 is 5.97 Å². The number of thiophene rings is 1. The van der Waals surface area contributed by atoms with Crippen molar-refractivity contribution in [2.24, 2.45) is 0 Å². The summed E-state index contributed by atoms with van der Waals surface area (Å²) in [5.74, 6) is -1.14. The fraction of sp³-hybridized carbons (Fsp3) is 0.500. The maximum absolute atomic E-state index is 12.2. The number of amides is 1. The van der Waals surface area contributed by atoms with E-state index in [2.05, 4.69) is 21.2 Å². The summed E-state index contributed by atoms with van der Waals surface area (Å²) in [7, 11) is 0. The molecule has 1 amide bonds. The van der Waals surface area contributed by atoms with E-state index >= 15 is 0 Å². The second kappa shape index (κ2) is 6.02. The molecule has 1 aromatic rings. The zero-order chi connectivity index (χ0) is 13.9. The van der Waals surface area contributed by atoms with Crippen molar-refractivity contribution in [3.8, 4) is 0 Å². The van der Waals surface area contributed by atoms with Gasteiger partial charge in [0, 0.05) is 18.6 Å². The van der Waals surface area contributed by atoms with Gasteiger partial charge in [0.05, 0.1) is 21.3 Å². The van der Waals surface area contributed by atoms with Crippen molar-refractivity contribution < 1.29 is 19.4 Å². The number of carboxylic acid groups (broad SMARTS) is 1. The Bertz CT molecular complexity index is 482. The van der Waals surface area contributed by atoms with Gasteiger partial charge in [0.25, 0.3) is 5.91 Å². The minimum atomic E-state index is -0.909. The molecule has 0 atom stereocenters. The largest absolute Gasteiger partial charge is 0.481 e. The molecule has 7 heteroatoms. The number of ether oxygens (including phenoxy) is 1. The van der Waals surface area contributed by atoms with Crippen LogP contribution in [0.2, 0.25) is 0 Å².